The van der Waals surface area contributed by atoms with E-state index >= 15 is 0 Å². The van der Waals surface area contributed by atoms with Gasteiger partial charge in [-0.3, -0.25) is 4.57 Å². The fourth-order valence-corrected chi connectivity index (χ4v) is 3.07. The first-order valence-corrected chi connectivity index (χ1v) is 8.50. The van der Waals surface area contributed by atoms with Crippen LogP contribution in [0.4, 0.5) is 0 Å². The smallest absolute Gasteiger partial charge is 0.294 e. The minimum Gasteiger partial charge on any atom is -0.294 e. The third-order valence-electron chi connectivity index (χ3n) is 3.24. The van der Waals surface area contributed by atoms with Crippen LogP contribution in [0.5, 0.6) is 0 Å². The normalized spacial score (nSPS) is 12.1. The van der Waals surface area contributed by atoms with E-state index in [0.717, 1.165) is 16.7 Å². The van der Waals surface area contributed by atoms with Crippen molar-refractivity contribution in [2.75, 3.05) is 0 Å². The van der Waals surface area contributed by atoms with Gasteiger partial charge < -0.3 is 0 Å². The molecule has 0 aliphatic rings. The Morgan fingerprint density at radius 2 is 1.85 bits per heavy atom. The van der Waals surface area contributed by atoms with Crippen LogP contribution in [-0.2, 0) is 9.05 Å². The van der Waals surface area contributed by atoms with E-state index in [1.165, 1.54) is 0 Å². The zero-order chi connectivity index (χ0) is 15.1. The van der Waals surface area contributed by atoms with Crippen molar-refractivity contribution < 1.29 is 8.42 Å². The minimum atomic E-state index is -3.93. The Kier molecular flexibility index (Phi) is 3.88. The molecule has 20 heavy (non-hydrogen) atoms. The molecule has 0 radical (unpaired) electrons. The first-order chi connectivity index (χ1) is 9.23. The number of hydrogen-bond donors (Lipinski definition) is 0. The lowest BCUT2D eigenvalue weighted by atomic mass is 10.0. The molecule has 0 saturated heterocycles. The molecule has 0 fully saturated rings. The average molecular weight is 314 g/mol. The topological polar surface area (TPSA) is 64.8 Å². The van der Waals surface area contributed by atoms with Crippen molar-refractivity contribution in [3.63, 3.8) is 0 Å². The standard InChI is InChI=1S/C13H16ClN3O2S/c1-8(2)17-12(15-16-13(17)20(14,18)19)11-7-5-6-9(3)10(11)4/h5-8H,1-4H3. The van der Waals surface area contributed by atoms with Crippen molar-refractivity contribution in [1.29, 1.82) is 0 Å². The molecule has 5 nitrogen and oxygen atoms in total. The molecule has 2 rings (SSSR count). The molecule has 108 valence electrons. The van der Waals surface area contributed by atoms with Crippen molar-refractivity contribution >= 4 is 19.7 Å². The van der Waals surface area contributed by atoms with E-state index in [9.17, 15) is 8.42 Å². The van der Waals surface area contributed by atoms with Gasteiger partial charge in [0.1, 0.15) is 0 Å². The highest BCUT2D eigenvalue weighted by atomic mass is 35.7. The van der Waals surface area contributed by atoms with Gasteiger partial charge in [-0.1, -0.05) is 18.2 Å². The third-order valence-corrected chi connectivity index (χ3v) is 4.37. The molecule has 0 aliphatic heterocycles. The zero-order valence-corrected chi connectivity index (χ0v) is 13.3. The van der Waals surface area contributed by atoms with Crippen LogP contribution in [0.2, 0.25) is 0 Å². The van der Waals surface area contributed by atoms with Gasteiger partial charge in [0.2, 0.25) is 0 Å². The SMILES string of the molecule is Cc1cccc(-c2nnc(S(=O)(=O)Cl)n2C(C)C)c1C. The molecule has 0 bridgehead atoms. The maximum absolute atomic E-state index is 11.6. The average Bonchev–Trinajstić information content (AvgIpc) is 2.77. The van der Waals surface area contributed by atoms with Gasteiger partial charge in [0, 0.05) is 22.3 Å². The van der Waals surface area contributed by atoms with Crippen LogP contribution in [0, 0.1) is 13.8 Å². The Balaban J connectivity index is 2.76. The quantitative estimate of drug-likeness (QED) is 0.817. The highest BCUT2D eigenvalue weighted by molar-refractivity contribution is 8.13. The summed E-state index contributed by atoms with van der Waals surface area (Å²) in [6.07, 6.45) is 0. The monoisotopic (exact) mass is 313 g/mol. The van der Waals surface area contributed by atoms with Gasteiger partial charge in [0.25, 0.3) is 14.2 Å². The van der Waals surface area contributed by atoms with Crippen LogP contribution in [0.3, 0.4) is 0 Å². The second kappa shape index (κ2) is 5.18. The second-order valence-electron chi connectivity index (χ2n) is 4.96. The fourth-order valence-electron chi connectivity index (χ4n) is 2.09. The molecule has 0 aliphatic carbocycles. The molecule has 0 atom stereocenters. The van der Waals surface area contributed by atoms with Crippen molar-refractivity contribution in [2.45, 2.75) is 38.9 Å². The summed E-state index contributed by atoms with van der Waals surface area (Å²) in [7, 11) is 1.50. The lowest BCUT2D eigenvalue weighted by Gasteiger charge is -2.14. The number of halogens is 1. The van der Waals surface area contributed by atoms with Crippen molar-refractivity contribution in [3.8, 4) is 11.4 Å². The highest BCUT2D eigenvalue weighted by Gasteiger charge is 2.25. The van der Waals surface area contributed by atoms with Gasteiger partial charge in [-0.05, 0) is 38.8 Å². The van der Waals surface area contributed by atoms with E-state index < -0.39 is 9.05 Å². The summed E-state index contributed by atoms with van der Waals surface area (Å²) in [6.45, 7) is 7.69. The largest absolute Gasteiger partial charge is 0.296 e. The maximum atomic E-state index is 11.6. The highest BCUT2D eigenvalue weighted by Crippen LogP contribution is 2.29. The molecule has 1 heterocycles. The van der Waals surface area contributed by atoms with Gasteiger partial charge in [0.05, 0.1) is 0 Å². The summed E-state index contributed by atoms with van der Waals surface area (Å²) in [5, 5.41) is 7.56. The summed E-state index contributed by atoms with van der Waals surface area (Å²) in [5.74, 6) is 0.514. The number of aryl methyl sites for hydroxylation is 1. The van der Waals surface area contributed by atoms with Crippen LogP contribution in [0.25, 0.3) is 11.4 Å². The first-order valence-electron chi connectivity index (χ1n) is 6.19. The molecule has 0 unspecified atom stereocenters. The zero-order valence-electron chi connectivity index (χ0n) is 11.8. The van der Waals surface area contributed by atoms with Gasteiger partial charge >= 0.3 is 0 Å². The molecule has 0 saturated carbocycles. The number of hydrogen-bond acceptors (Lipinski definition) is 4. The lowest BCUT2D eigenvalue weighted by Crippen LogP contribution is -2.10. The van der Waals surface area contributed by atoms with Gasteiger partial charge in [-0.25, -0.2) is 8.42 Å². The molecule has 2 aromatic rings. The minimum absolute atomic E-state index is 0.122. The summed E-state index contributed by atoms with van der Waals surface area (Å²) in [5.41, 5.74) is 3.01. The Morgan fingerprint density at radius 3 is 2.40 bits per heavy atom. The van der Waals surface area contributed by atoms with Crippen LogP contribution in [0.1, 0.15) is 31.0 Å². The number of nitrogens with zero attached hydrogens (tertiary/aromatic N) is 3. The molecule has 0 N–H and O–H groups in total. The van der Waals surface area contributed by atoms with Gasteiger partial charge in [-0.15, -0.1) is 10.2 Å². The van der Waals surface area contributed by atoms with Crippen LogP contribution < -0.4 is 0 Å². The van der Waals surface area contributed by atoms with E-state index in [2.05, 4.69) is 10.2 Å². The van der Waals surface area contributed by atoms with Crippen molar-refractivity contribution in [1.82, 2.24) is 14.8 Å². The molecule has 1 aromatic carbocycles. The van der Waals surface area contributed by atoms with Gasteiger partial charge in [-0.2, -0.15) is 0 Å². The van der Waals surface area contributed by atoms with E-state index in [1.54, 1.807) is 4.57 Å². The van der Waals surface area contributed by atoms with Gasteiger partial charge in [0.15, 0.2) is 5.82 Å². The summed E-state index contributed by atoms with van der Waals surface area (Å²) in [6, 6.07) is 5.68. The Bertz CT molecular complexity index is 751. The van der Waals surface area contributed by atoms with Crippen LogP contribution in [-0.4, -0.2) is 23.2 Å². The first kappa shape index (κ1) is 15.0. The Morgan fingerprint density at radius 1 is 1.20 bits per heavy atom. The summed E-state index contributed by atoms with van der Waals surface area (Å²) < 4.78 is 24.7. The Labute approximate surface area is 123 Å². The predicted octanol–water partition coefficient (Wildman–Crippen LogP) is 3.07. The van der Waals surface area contributed by atoms with E-state index in [-0.39, 0.29) is 11.2 Å². The van der Waals surface area contributed by atoms with Crippen LogP contribution in [0.15, 0.2) is 23.4 Å². The number of aromatic nitrogens is 3. The lowest BCUT2D eigenvalue weighted by molar-refractivity contribution is 0.530. The van der Waals surface area contributed by atoms with Crippen molar-refractivity contribution in [2.24, 2.45) is 0 Å². The van der Waals surface area contributed by atoms with E-state index in [0.29, 0.717) is 5.82 Å². The molecule has 0 spiro atoms. The Hall–Kier alpha value is -1.40. The van der Waals surface area contributed by atoms with Crippen molar-refractivity contribution in [3.05, 3.63) is 29.3 Å². The maximum Gasteiger partial charge on any atom is 0.296 e. The second-order valence-corrected chi connectivity index (χ2v) is 7.41. The summed E-state index contributed by atoms with van der Waals surface area (Å²) >= 11 is 0. The predicted molar refractivity (Wildman–Crippen MR) is 78.4 cm³/mol. The van der Waals surface area contributed by atoms with Crippen LogP contribution >= 0.6 is 10.7 Å². The summed E-state index contributed by atoms with van der Waals surface area (Å²) in [4.78, 5) is 0. The number of rotatable bonds is 3. The van der Waals surface area contributed by atoms with E-state index in [4.69, 9.17) is 10.7 Å². The van der Waals surface area contributed by atoms with E-state index in [1.807, 2.05) is 45.9 Å². The molecule has 0 amide bonds. The molecule has 1 aromatic heterocycles. The third kappa shape index (κ3) is 2.58. The number of benzene rings is 1. The fraction of sp³-hybridized carbons (Fsp3) is 0.385. The molecular formula is C13H16ClN3O2S. The molecular weight excluding hydrogens is 298 g/mol. The molecule has 7 heteroatoms.